The summed E-state index contributed by atoms with van der Waals surface area (Å²) in [4.78, 5) is 0. The second-order valence-corrected chi connectivity index (χ2v) is 5.67. The van der Waals surface area contributed by atoms with Gasteiger partial charge in [0.25, 0.3) is 0 Å². The van der Waals surface area contributed by atoms with Crippen LogP contribution in [-0.2, 0) is 6.42 Å². The highest BCUT2D eigenvalue weighted by Gasteiger charge is 2.19. The molecule has 1 N–H and O–H groups in total. The molecule has 1 saturated carbocycles. The summed E-state index contributed by atoms with van der Waals surface area (Å²) in [6.45, 7) is 1.19. The molecule has 1 aromatic carbocycles. The van der Waals surface area contributed by atoms with Crippen LogP contribution < -0.4 is 10.1 Å². The standard InChI is InChI=1S/C16H23NO/c1-2-11-17-14(4-1)12-13-7-9-16(10-8-13)18-15-5-3-6-15/h7-10,14-15,17H,1-6,11-12H2. The lowest BCUT2D eigenvalue weighted by atomic mass is 9.96. The van der Waals surface area contributed by atoms with Gasteiger partial charge < -0.3 is 10.1 Å². The zero-order valence-electron chi connectivity index (χ0n) is 11.0. The van der Waals surface area contributed by atoms with E-state index in [0.29, 0.717) is 12.1 Å². The SMILES string of the molecule is c1cc(OC2CCC2)ccc1CC1CCCCN1. The Kier molecular flexibility index (Phi) is 3.84. The predicted molar refractivity (Wildman–Crippen MR) is 74.1 cm³/mol. The molecule has 1 atom stereocenters. The van der Waals surface area contributed by atoms with E-state index in [0.717, 1.165) is 12.2 Å². The van der Waals surface area contributed by atoms with Crippen LogP contribution in [0.3, 0.4) is 0 Å². The van der Waals surface area contributed by atoms with Crippen LogP contribution in [0.25, 0.3) is 0 Å². The summed E-state index contributed by atoms with van der Waals surface area (Å²) in [7, 11) is 0. The Morgan fingerprint density at radius 1 is 1.00 bits per heavy atom. The number of rotatable bonds is 4. The Morgan fingerprint density at radius 2 is 1.83 bits per heavy atom. The molecule has 2 fully saturated rings. The molecule has 1 saturated heterocycles. The van der Waals surface area contributed by atoms with E-state index in [1.807, 2.05) is 0 Å². The number of hydrogen-bond donors (Lipinski definition) is 1. The minimum Gasteiger partial charge on any atom is -0.490 e. The lowest BCUT2D eigenvalue weighted by Crippen LogP contribution is -2.35. The van der Waals surface area contributed by atoms with Gasteiger partial charge in [-0.25, -0.2) is 0 Å². The Morgan fingerprint density at radius 3 is 2.44 bits per heavy atom. The topological polar surface area (TPSA) is 21.3 Å². The van der Waals surface area contributed by atoms with Gasteiger partial charge in [0.2, 0.25) is 0 Å². The molecule has 18 heavy (non-hydrogen) atoms. The summed E-state index contributed by atoms with van der Waals surface area (Å²) in [5.74, 6) is 1.04. The highest BCUT2D eigenvalue weighted by molar-refractivity contribution is 5.28. The third-order valence-electron chi connectivity index (χ3n) is 4.17. The monoisotopic (exact) mass is 245 g/mol. The molecule has 0 aromatic heterocycles. The summed E-state index contributed by atoms with van der Waals surface area (Å²) < 4.78 is 5.88. The van der Waals surface area contributed by atoms with E-state index in [4.69, 9.17) is 4.74 Å². The third-order valence-corrected chi connectivity index (χ3v) is 4.17. The van der Waals surface area contributed by atoms with E-state index < -0.39 is 0 Å². The molecule has 2 heteroatoms. The fraction of sp³-hybridized carbons (Fsp3) is 0.625. The van der Waals surface area contributed by atoms with Gasteiger partial charge in [0.15, 0.2) is 0 Å². The van der Waals surface area contributed by atoms with Crippen LogP contribution in [0, 0.1) is 0 Å². The first-order valence-corrected chi connectivity index (χ1v) is 7.39. The van der Waals surface area contributed by atoms with E-state index >= 15 is 0 Å². The van der Waals surface area contributed by atoms with Crippen molar-refractivity contribution in [3.05, 3.63) is 29.8 Å². The Bertz CT molecular complexity index is 363. The average molecular weight is 245 g/mol. The third kappa shape index (κ3) is 3.05. The van der Waals surface area contributed by atoms with Crippen molar-refractivity contribution in [1.82, 2.24) is 5.32 Å². The molecule has 2 nitrogen and oxygen atoms in total. The predicted octanol–water partition coefficient (Wildman–Crippen LogP) is 3.30. The van der Waals surface area contributed by atoms with Gasteiger partial charge in [-0.3, -0.25) is 0 Å². The molecule has 0 amide bonds. The summed E-state index contributed by atoms with van der Waals surface area (Å²) in [5.41, 5.74) is 1.43. The second kappa shape index (κ2) is 5.75. The number of hydrogen-bond acceptors (Lipinski definition) is 2. The Hall–Kier alpha value is -1.02. The zero-order chi connectivity index (χ0) is 12.2. The molecule has 2 aliphatic rings. The normalized spacial score (nSPS) is 24.6. The molecule has 1 aliphatic heterocycles. The first kappa shape index (κ1) is 12.0. The van der Waals surface area contributed by atoms with Crippen molar-refractivity contribution in [3.63, 3.8) is 0 Å². The van der Waals surface area contributed by atoms with Gasteiger partial charge in [0.1, 0.15) is 5.75 Å². The fourth-order valence-electron chi connectivity index (χ4n) is 2.77. The van der Waals surface area contributed by atoms with Gasteiger partial charge in [-0.05, 0) is 62.8 Å². The van der Waals surface area contributed by atoms with E-state index in [9.17, 15) is 0 Å². The van der Waals surface area contributed by atoms with Gasteiger partial charge in [0.05, 0.1) is 6.10 Å². The van der Waals surface area contributed by atoms with E-state index in [1.165, 1.54) is 50.6 Å². The molecular weight excluding hydrogens is 222 g/mol. The number of nitrogens with one attached hydrogen (secondary N) is 1. The van der Waals surface area contributed by atoms with Crippen molar-refractivity contribution in [2.24, 2.45) is 0 Å². The molecule has 0 spiro atoms. The lowest BCUT2D eigenvalue weighted by molar-refractivity contribution is 0.120. The smallest absolute Gasteiger partial charge is 0.119 e. The number of benzene rings is 1. The van der Waals surface area contributed by atoms with Crippen LogP contribution in [0.1, 0.15) is 44.1 Å². The highest BCUT2D eigenvalue weighted by atomic mass is 16.5. The molecule has 1 unspecified atom stereocenters. The maximum absolute atomic E-state index is 5.88. The molecular formula is C16H23NO. The molecule has 1 heterocycles. The summed E-state index contributed by atoms with van der Waals surface area (Å²) in [6.07, 6.45) is 9.46. The van der Waals surface area contributed by atoms with Crippen LogP contribution in [-0.4, -0.2) is 18.7 Å². The van der Waals surface area contributed by atoms with Crippen molar-refractivity contribution in [2.75, 3.05) is 6.54 Å². The van der Waals surface area contributed by atoms with Crippen LogP contribution >= 0.6 is 0 Å². The molecule has 0 bridgehead atoms. The van der Waals surface area contributed by atoms with Crippen molar-refractivity contribution >= 4 is 0 Å². The lowest BCUT2D eigenvalue weighted by Gasteiger charge is -2.26. The van der Waals surface area contributed by atoms with Crippen LogP contribution in [0.5, 0.6) is 5.75 Å². The van der Waals surface area contributed by atoms with Crippen molar-refractivity contribution in [3.8, 4) is 5.75 Å². The number of piperidine rings is 1. The van der Waals surface area contributed by atoms with Gasteiger partial charge in [0, 0.05) is 6.04 Å². The quantitative estimate of drug-likeness (QED) is 0.878. The molecule has 1 aromatic rings. The molecule has 0 radical (unpaired) electrons. The largest absolute Gasteiger partial charge is 0.490 e. The minimum atomic E-state index is 0.482. The van der Waals surface area contributed by atoms with Crippen LogP contribution in [0.4, 0.5) is 0 Å². The van der Waals surface area contributed by atoms with Gasteiger partial charge in [-0.15, -0.1) is 0 Å². The van der Waals surface area contributed by atoms with Gasteiger partial charge in [-0.2, -0.15) is 0 Å². The van der Waals surface area contributed by atoms with E-state index in [1.54, 1.807) is 0 Å². The van der Waals surface area contributed by atoms with Gasteiger partial charge in [-0.1, -0.05) is 18.6 Å². The molecule has 98 valence electrons. The van der Waals surface area contributed by atoms with Crippen molar-refractivity contribution < 1.29 is 4.74 Å². The number of ether oxygens (including phenoxy) is 1. The summed E-state index contributed by atoms with van der Waals surface area (Å²) in [5, 5.41) is 3.60. The summed E-state index contributed by atoms with van der Waals surface area (Å²) in [6, 6.07) is 9.40. The van der Waals surface area contributed by atoms with Gasteiger partial charge >= 0.3 is 0 Å². The second-order valence-electron chi connectivity index (χ2n) is 5.67. The van der Waals surface area contributed by atoms with Crippen LogP contribution in [0.2, 0.25) is 0 Å². The highest BCUT2D eigenvalue weighted by Crippen LogP contribution is 2.25. The first-order chi connectivity index (χ1) is 8.90. The minimum absolute atomic E-state index is 0.482. The fourth-order valence-corrected chi connectivity index (χ4v) is 2.77. The first-order valence-electron chi connectivity index (χ1n) is 7.39. The molecule has 1 aliphatic carbocycles. The van der Waals surface area contributed by atoms with Crippen LogP contribution in [0.15, 0.2) is 24.3 Å². The molecule has 3 rings (SSSR count). The average Bonchev–Trinajstić information content (AvgIpc) is 2.37. The Balaban J connectivity index is 1.52. The van der Waals surface area contributed by atoms with E-state index in [-0.39, 0.29) is 0 Å². The van der Waals surface area contributed by atoms with E-state index in [2.05, 4.69) is 29.6 Å². The van der Waals surface area contributed by atoms with Crippen molar-refractivity contribution in [2.45, 2.75) is 57.1 Å². The maximum atomic E-state index is 5.88. The maximum Gasteiger partial charge on any atom is 0.119 e. The van der Waals surface area contributed by atoms with Crippen molar-refractivity contribution in [1.29, 1.82) is 0 Å². The zero-order valence-corrected chi connectivity index (χ0v) is 11.0. The summed E-state index contributed by atoms with van der Waals surface area (Å²) >= 11 is 0. The Labute approximate surface area is 110 Å².